The predicted molar refractivity (Wildman–Crippen MR) is 85.4 cm³/mol. The van der Waals surface area contributed by atoms with Gasteiger partial charge in [0.05, 0.1) is 6.61 Å². The molecule has 0 aromatic heterocycles. The van der Waals surface area contributed by atoms with Crippen molar-refractivity contribution in [2.75, 3.05) is 31.7 Å². The van der Waals surface area contributed by atoms with Crippen molar-refractivity contribution in [1.29, 1.82) is 0 Å². The first-order chi connectivity index (χ1) is 10.2. The van der Waals surface area contributed by atoms with E-state index in [-0.39, 0.29) is 11.9 Å². The minimum Gasteiger partial charge on any atom is -0.383 e. The first kappa shape index (κ1) is 16.2. The zero-order valence-electron chi connectivity index (χ0n) is 13.4. The number of ether oxygens (including phenoxy) is 1. The Balaban J connectivity index is 2.23. The van der Waals surface area contributed by atoms with Crippen molar-refractivity contribution >= 4 is 5.69 Å². The van der Waals surface area contributed by atoms with Crippen LogP contribution in [0.1, 0.15) is 44.7 Å². The highest BCUT2D eigenvalue weighted by atomic mass is 19.1. The van der Waals surface area contributed by atoms with Crippen molar-refractivity contribution in [2.45, 2.75) is 45.2 Å². The summed E-state index contributed by atoms with van der Waals surface area (Å²) in [4.78, 5) is 2.38. The van der Waals surface area contributed by atoms with Crippen LogP contribution in [0.4, 0.5) is 10.1 Å². The van der Waals surface area contributed by atoms with E-state index in [1.165, 1.54) is 12.8 Å². The van der Waals surface area contributed by atoms with Gasteiger partial charge in [-0.1, -0.05) is 6.92 Å². The Morgan fingerprint density at radius 2 is 2.19 bits per heavy atom. The molecule has 118 valence electrons. The van der Waals surface area contributed by atoms with Crippen LogP contribution in [0.2, 0.25) is 0 Å². The number of halogens is 1. The second-order valence-electron chi connectivity index (χ2n) is 5.80. The SMILES string of the molecule is CCCNC(C)c1cc(F)ccc1N(CCOC)C1CC1. The third kappa shape index (κ3) is 4.42. The number of anilines is 1. The Bertz CT molecular complexity index is 448. The summed E-state index contributed by atoms with van der Waals surface area (Å²) >= 11 is 0. The van der Waals surface area contributed by atoms with Gasteiger partial charge in [-0.05, 0) is 56.5 Å². The molecule has 1 unspecified atom stereocenters. The molecule has 1 atom stereocenters. The van der Waals surface area contributed by atoms with Crippen molar-refractivity contribution in [1.82, 2.24) is 5.32 Å². The topological polar surface area (TPSA) is 24.5 Å². The number of rotatable bonds is 9. The molecule has 1 aromatic carbocycles. The maximum absolute atomic E-state index is 13.7. The van der Waals surface area contributed by atoms with Gasteiger partial charge in [-0.25, -0.2) is 4.39 Å². The van der Waals surface area contributed by atoms with Gasteiger partial charge in [0.1, 0.15) is 5.82 Å². The normalized spacial score (nSPS) is 16.0. The number of methoxy groups -OCH3 is 1. The quantitative estimate of drug-likeness (QED) is 0.754. The van der Waals surface area contributed by atoms with Crippen molar-refractivity contribution in [3.05, 3.63) is 29.6 Å². The molecular weight excluding hydrogens is 267 g/mol. The van der Waals surface area contributed by atoms with E-state index in [0.717, 1.165) is 30.8 Å². The molecular formula is C17H27FN2O. The van der Waals surface area contributed by atoms with E-state index in [4.69, 9.17) is 4.74 Å². The predicted octanol–water partition coefficient (Wildman–Crippen LogP) is 3.50. The van der Waals surface area contributed by atoms with Gasteiger partial charge in [0.15, 0.2) is 0 Å². The fourth-order valence-electron chi connectivity index (χ4n) is 2.68. The van der Waals surface area contributed by atoms with Crippen LogP contribution < -0.4 is 10.2 Å². The average molecular weight is 294 g/mol. The molecule has 1 N–H and O–H groups in total. The molecule has 0 radical (unpaired) electrons. The Kier molecular flexibility index (Phi) is 6.00. The lowest BCUT2D eigenvalue weighted by Crippen LogP contribution is -2.32. The third-order valence-electron chi connectivity index (χ3n) is 3.99. The lowest BCUT2D eigenvalue weighted by Gasteiger charge is -2.29. The molecule has 1 aliphatic rings. The standard InChI is InChI=1S/C17H27FN2O/c1-4-9-19-13(2)16-12-14(18)5-8-17(16)20(10-11-21-3)15-6-7-15/h5,8,12-13,15,19H,4,6-7,9-11H2,1-3H3. The van der Waals surface area contributed by atoms with Crippen LogP contribution >= 0.6 is 0 Å². The highest BCUT2D eigenvalue weighted by Gasteiger charge is 2.30. The Hall–Kier alpha value is -1.13. The third-order valence-corrected chi connectivity index (χ3v) is 3.99. The first-order valence-electron chi connectivity index (χ1n) is 7.95. The summed E-state index contributed by atoms with van der Waals surface area (Å²) in [5.74, 6) is -0.165. The zero-order valence-corrected chi connectivity index (χ0v) is 13.4. The Labute approximate surface area is 127 Å². The van der Waals surface area contributed by atoms with Gasteiger partial charge in [-0.2, -0.15) is 0 Å². The highest BCUT2D eigenvalue weighted by Crippen LogP contribution is 2.35. The minimum atomic E-state index is -0.165. The van der Waals surface area contributed by atoms with E-state index in [9.17, 15) is 4.39 Å². The summed E-state index contributed by atoms with van der Waals surface area (Å²) in [6.07, 6.45) is 3.51. The Morgan fingerprint density at radius 3 is 2.81 bits per heavy atom. The van der Waals surface area contributed by atoms with Crippen LogP contribution in [0.25, 0.3) is 0 Å². The molecule has 0 amide bonds. The average Bonchev–Trinajstić information content (AvgIpc) is 3.31. The second kappa shape index (κ2) is 7.76. The molecule has 0 heterocycles. The molecule has 0 aliphatic heterocycles. The minimum absolute atomic E-state index is 0.152. The van der Waals surface area contributed by atoms with Gasteiger partial charge in [0.2, 0.25) is 0 Å². The molecule has 1 aromatic rings. The first-order valence-corrected chi connectivity index (χ1v) is 7.95. The fourth-order valence-corrected chi connectivity index (χ4v) is 2.68. The Morgan fingerprint density at radius 1 is 1.43 bits per heavy atom. The van der Waals surface area contributed by atoms with Gasteiger partial charge in [0, 0.05) is 31.4 Å². The van der Waals surface area contributed by atoms with E-state index in [1.807, 2.05) is 6.07 Å². The molecule has 0 bridgehead atoms. The number of hydrogen-bond donors (Lipinski definition) is 1. The maximum atomic E-state index is 13.7. The van der Waals surface area contributed by atoms with Gasteiger partial charge in [-0.15, -0.1) is 0 Å². The van der Waals surface area contributed by atoms with Gasteiger partial charge >= 0.3 is 0 Å². The van der Waals surface area contributed by atoms with Gasteiger partial charge in [0.25, 0.3) is 0 Å². The molecule has 21 heavy (non-hydrogen) atoms. The van der Waals surface area contributed by atoms with Crippen LogP contribution in [0.15, 0.2) is 18.2 Å². The highest BCUT2D eigenvalue weighted by molar-refractivity contribution is 5.57. The number of benzene rings is 1. The van der Waals surface area contributed by atoms with E-state index in [2.05, 4.69) is 24.1 Å². The molecule has 3 nitrogen and oxygen atoms in total. The summed E-state index contributed by atoms with van der Waals surface area (Å²) < 4.78 is 18.9. The second-order valence-corrected chi connectivity index (χ2v) is 5.80. The summed E-state index contributed by atoms with van der Waals surface area (Å²) in [5, 5.41) is 3.46. The van der Waals surface area contributed by atoms with Crippen molar-refractivity contribution in [3.63, 3.8) is 0 Å². The largest absolute Gasteiger partial charge is 0.383 e. The van der Waals surface area contributed by atoms with Gasteiger partial charge in [-0.3, -0.25) is 0 Å². The summed E-state index contributed by atoms with van der Waals surface area (Å²) in [6, 6.07) is 5.89. The van der Waals surface area contributed by atoms with E-state index < -0.39 is 0 Å². The number of nitrogens with one attached hydrogen (secondary N) is 1. The molecule has 0 spiro atoms. The van der Waals surface area contributed by atoms with Gasteiger partial charge < -0.3 is 15.0 Å². The smallest absolute Gasteiger partial charge is 0.123 e. The van der Waals surface area contributed by atoms with Crippen LogP contribution in [-0.4, -0.2) is 32.8 Å². The molecule has 0 saturated heterocycles. The fraction of sp³-hybridized carbons (Fsp3) is 0.647. The molecule has 4 heteroatoms. The number of nitrogens with zero attached hydrogens (tertiary/aromatic N) is 1. The van der Waals surface area contributed by atoms with E-state index in [0.29, 0.717) is 12.6 Å². The van der Waals surface area contributed by atoms with Crippen LogP contribution in [0.5, 0.6) is 0 Å². The number of hydrogen-bond acceptors (Lipinski definition) is 3. The maximum Gasteiger partial charge on any atom is 0.123 e. The molecule has 2 rings (SSSR count). The van der Waals surface area contributed by atoms with E-state index >= 15 is 0 Å². The van der Waals surface area contributed by atoms with Crippen molar-refractivity contribution in [3.8, 4) is 0 Å². The van der Waals surface area contributed by atoms with Crippen LogP contribution in [0, 0.1) is 5.82 Å². The summed E-state index contributed by atoms with van der Waals surface area (Å²) in [5.41, 5.74) is 2.19. The summed E-state index contributed by atoms with van der Waals surface area (Å²) in [6.45, 7) is 6.75. The lowest BCUT2D eigenvalue weighted by atomic mass is 10.0. The monoisotopic (exact) mass is 294 g/mol. The van der Waals surface area contributed by atoms with Crippen molar-refractivity contribution < 1.29 is 9.13 Å². The van der Waals surface area contributed by atoms with Crippen LogP contribution in [-0.2, 0) is 4.74 Å². The van der Waals surface area contributed by atoms with E-state index in [1.54, 1.807) is 19.2 Å². The lowest BCUT2D eigenvalue weighted by molar-refractivity contribution is 0.205. The summed E-state index contributed by atoms with van der Waals surface area (Å²) in [7, 11) is 1.72. The zero-order chi connectivity index (χ0) is 15.2. The molecule has 1 fully saturated rings. The molecule has 1 saturated carbocycles. The molecule has 1 aliphatic carbocycles. The van der Waals surface area contributed by atoms with Crippen molar-refractivity contribution in [2.24, 2.45) is 0 Å². The van der Waals surface area contributed by atoms with Crippen LogP contribution in [0.3, 0.4) is 0 Å².